The largest absolute Gasteiger partial charge is 0.244 e. The van der Waals surface area contributed by atoms with E-state index in [4.69, 9.17) is 0 Å². The average molecular weight is 263 g/mol. The van der Waals surface area contributed by atoms with Gasteiger partial charge in [-0.3, -0.25) is 0 Å². The van der Waals surface area contributed by atoms with Gasteiger partial charge >= 0.3 is 0 Å². The molecule has 0 spiro atoms. The maximum absolute atomic E-state index is 4.49. The van der Waals surface area contributed by atoms with E-state index >= 15 is 0 Å². The highest BCUT2D eigenvalue weighted by atomic mass is 15.4. The topological polar surface area (TPSA) is 12.4 Å². The quantitative estimate of drug-likeness (QED) is 0.736. The van der Waals surface area contributed by atoms with Gasteiger partial charge in [0.15, 0.2) is 0 Å². The molecule has 2 heteroatoms. The van der Waals surface area contributed by atoms with Gasteiger partial charge in [0.25, 0.3) is 0 Å². The number of rotatable bonds is 4. The Morgan fingerprint density at radius 2 is 1.30 bits per heavy atom. The normalized spacial score (nSPS) is 16.1. The molecule has 0 fully saturated rings. The fourth-order valence-electron chi connectivity index (χ4n) is 2.70. The third-order valence-electron chi connectivity index (χ3n) is 3.87. The summed E-state index contributed by atoms with van der Waals surface area (Å²) < 4.78 is 0.786. The third-order valence-corrected chi connectivity index (χ3v) is 3.87. The summed E-state index contributed by atoms with van der Waals surface area (Å²) in [5.41, 5.74) is 2.68. The van der Waals surface area contributed by atoms with Crippen molar-refractivity contribution in [3.05, 3.63) is 84.2 Å². The molecular formula is C18H19N2+. The second kappa shape index (κ2) is 5.43. The van der Waals surface area contributed by atoms with Crippen LogP contribution in [0.5, 0.6) is 0 Å². The molecule has 2 nitrogen and oxygen atoms in total. The van der Waals surface area contributed by atoms with Crippen LogP contribution in [0.3, 0.4) is 0 Å². The van der Waals surface area contributed by atoms with Gasteiger partial charge in [-0.15, -0.1) is 0 Å². The Morgan fingerprint density at radius 1 is 0.800 bits per heavy atom. The number of hydrogen-bond acceptors (Lipinski definition) is 1. The first-order chi connectivity index (χ1) is 9.78. The van der Waals surface area contributed by atoms with Gasteiger partial charge in [0.2, 0.25) is 5.84 Å². The smallest absolute Gasteiger partial charge is 0.204 e. The number of benzene rings is 2. The lowest BCUT2D eigenvalue weighted by molar-refractivity contribution is -0.815. The standard InChI is InChI=1S/C18H19N2/c1-16-19-12-13-20(16,14-17-8-4-2-5-9-17)15-18-10-6-3-7-11-18/h2-13H,14-15H2,1H3/q+1. The predicted octanol–water partition coefficient (Wildman–Crippen LogP) is 4.11. The lowest BCUT2D eigenvalue weighted by Gasteiger charge is -2.31. The Labute approximate surface area is 120 Å². The Bertz CT molecular complexity index is 585. The number of aliphatic imine (C=N–C) groups is 1. The minimum atomic E-state index is 0.786. The van der Waals surface area contributed by atoms with Gasteiger partial charge in [0, 0.05) is 18.1 Å². The van der Waals surface area contributed by atoms with Gasteiger partial charge in [-0.1, -0.05) is 60.7 Å². The molecule has 20 heavy (non-hydrogen) atoms. The fraction of sp³-hybridized carbons (Fsp3) is 0.167. The van der Waals surface area contributed by atoms with Crippen molar-refractivity contribution in [2.24, 2.45) is 4.99 Å². The molecule has 2 aromatic rings. The van der Waals surface area contributed by atoms with Gasteiger partial charge < -0.3 is 0 Å². The highest BCUT2D eigenvalue weighted by molar-refractivity contribution is 5.75. The monoisotopic (exact) mass is 263 g/mol. The third kappa shape index (κ3) is 2.56. The van der Waals surface area contributed by atoms with E-state index in [0.29, 0.717) is 0 Å². The SMILES string of the molecule is CC1=NC=C[N+]1(Cc1ccccc1)Cc1ccccc1. The molecule has 0 atom stereocenters. The molecule has 3 rings (SSSR count). The summed E-state index contributed by atoms with van der Waals surface area (Å²) in [7, 11) is 0. The van der Waals surface area contributed by atoms with Gasteiger partial charge in [0.1, 0.15) is 19.3 Å². The summed E-state index contributed by atoms with van der Waals surface area (Å²) in [4.78, 5) is 4.49. The maximum atomic E-state index is 4.49. The van der Waals surface area contributed by atoms with E-state index in [-0.39, 0.29) is 0 Å². The van der Waals surface area contributed by atoms with Crippen LogP contribution in [0.15, 0.2) is 78.1 Å². The summed E-state index contributed by atoms with van der Waals surface area (Å²) in [5, 5.41) is 0. The number of amidine groups is 1. The maximum Gasteiger partial charge on any atom is 0.204 e. The molecule has 0 unspecified atom stereocenters. The van der Waals surface area contributed by atoms with Crippen LogP contribution in [-0.4, -0.2) is 10.3 Å². The van der Waals surface area contributed by atoms with Crippen LogP contribution in [0.25, 0.3) is 0 Å². The van der Waals surface area contributed by atoms with E-state index in [2.05, 4.69) is 78.8 Å². The number of nitrogens with zero attached hydrogens (tertiary/aromatic N) is 2. The first-order valence-electron chi connectivity index (χ1n) is 6.96. The van der Waals surface area contributed by atoms with Crippen molar-refractivity contribution >= 4 is 5.84 Å². The molecule has 1 aliphatic heterocycles. The van der Waals surface area contributed by atoms with Crippen LogP contribution in [0, 0.1) is 0 Å². The lowest BCUT2D eigenvalue weighted by Crippen LogP contribution is -2.43. The molecule has 1 heterocycles. The van der Waals surface area contributed by atoms with Crippen LogP contribution >= 0.6 is 0 Å². The van der Waals surface area contributed by atoms with E-state index in [1.807, 2.05) is 6.20 Å². The van der Waals surface area contributed by atoms with Crippen LogP contribution < -0.4 is 0 Å². The molecule has 2 aromatic carbocycles. The Morgan fingerprint density at radius 3 is 1.70 bits per heavy atom. The van der Waals surface area contributed by atoms with Crippen molar-refractivity contribution in [1.82, 2.24) is 0 Å². The summed E-state index contributed by atoms with van der Waals surface area (Å²) in [5.74, 6) is 1.15. The van der Waals surface area contributed by atoms with Crippen LogP contribution in [0.2, 0.25) is 0 Å². The molecule has 0 saturated heterocycles. The first kappa shape index (κ1) is 12.8. The minimum absolute atomic E-state index is 0.786. The molecule has 0 aliphatic carbocycles. The molecule has 0 N–H and O–H groups in total. The molecule has 0 bridgehead atoms. The van der Waals surface area contributed by atoms with Gasteiger partial charge in [-0.25, -0.2) is 9.48 Å². The number of quaternary nitrogens is 1. The predicted molar refractivity (Wildman–Crippen MR) is 82.8 cm³/mol. The molecule has 0 aromatic heterocycles. The van der Waals surface area contributed by atoms with Gasteiger partial charge in [0.05, 0.1) is 6.20 Å². The average Bonchev–Trinajstić information content (AvgIpc) is 2.82. The first-order valence-corrected chi connectivity index (χ1v) is 6.96. The molecule has 0 saturated carbocycles. The molecule has 0 radical (unpaired) electrons. The van der Waals surface area contributed by atoms with Crippen LogP contribution in [0.4, 0.5) is 0 Å². The highest BCUT2D eigenvalue weighted by Gasteiger charge is 2.32. The molecule has 100 valence electrons. The van der Waals surface area contributed by atoms with Crippen molar-refractivity contribution in [2.75, 3.05) is 0 Å². The Kier molecular flexibility index (Phi) is 3.48. The van der Waals surface area contributed by atoms with Crippen LogP contribution in [0.1, 0.15) is 18.1 Å². The minimum Gasteiger partial charge on any atom is -0.244 e. The van der Waals surface area contributed by atoms with Crippen molar-refractivity contribution in [2.45, 2.75) is 20.0 Å². The van der Waals surface area contributed by atoms with E-state index in [1.54, 1.807) is 0 Å². The number of hydrogen-bond donors (Lipinski definition) is 0. The van der Waals surface area contributed by atoms with Crippen molar-refractivity contribution in [1.29, 1.82) is 0 Å². The van der Waals surface area contributed by atoms with Gasteiger partial charge in [-0.2, -0.15) is 0 Å². The van der Waals surface area contributed by atoms with Crippen molar-refractivity contribution in [3.8, 4) is 0 Å². The molecule has 1 aliphatic rings. The lowest BCUT2D eigenvalue weighted by atomic mass is 10.1. The summed E-state index contributed by atoms with van der Waals surface area (Å²) in [6.45, 7) is 4.01. The zero-order valence-electron chi connectivity index (χ0n) is 11.7. The zero-order chi connectivity index (χ0) is 13.8. The van der Waals surface area contributed by atoms with Gasteiger partial charge in [-0.05, 0) is 0 Å². The van der Waals surface area contributed by atoms with E-state index in [9.17, 15) is 0 Å². The van der Waals surface area contributed by atoms with Crippen LogP contribution in [-0.2, 0) is 13.1 Å². The van der Waals surface area contributed by atoms with E-state index in [0.717, 1.165) is 23.4 Å². The second-order valence-electron chi connectivity index (χ2n) is 5.30. The van der Waals surface area contributed by atoms with Crippen molar-refractivity contribution < 1.29 is 4.48 Å². The Hall–Kier alpha value is -2.19. The van der Waals surface area contributed by atoms with Crippen molar-refractivity contribution in [3.63, 3.8) is 0 Å². The highest BCUT2D eigenvalue weighted by Crippen LogP contribution is 2.25. The van der Waals surface area contributed by atoms with E-state index < -0.39 is 0 Å². The Balaban J connectivity index is 1.90. The van der Waals surface area contributed by atoms with E-state index in [1.165, 1.54) is 11.1 Å². The summed E-state index contributed by atoms with van der Waals surface area (Å²) in [6.07, 6.45) is 4.14. The summed E-state index contributed by atoms with van der Waals surface area (Å²) in [6, 6.07) is 21.3. The fourth-order valence-corrected chi connectivity index (χ4v) is 2.70. The second-order valence-corrected chi connectivity index (χ2v) is 5.30. The molecule has 0 amide bonds. The molecular weight excluding hydrogens is 244 g/mol. The summed E-state index contributed by atoms with van der Waals surface area (Å²) >= 11 is 0. The zero-order valence-corrected chi connectivity index (χ0v) is 11.7.